The first-order valence-electron chi connectivity index (χ1n) is 12.2. The smallest absolute Gasteiger partial charge is 0.224 e. The molecule has 0 bridgehead atoms. The fraction of sp³-hybridized carbons (Fsp3) is 0.222. The summed E-state index contributed by atoms with van der Waals surface area (Å²) in [6.07, 6.45) is 8.76. The molecule has 38 heavy (non-hydrogen) atoms. The third kappa shape index (κ3) is 4.30. The lowest BCUT2D eigenvalue weighted by Gasteiger charge is -2.41. The van der Waals surface area contributed by atoms with Gasteiger partial charge < -0.3 is 16.4 Å². The lowest BCUT2D eigenvalue weighted by molar-refractivity contribution is 0.345. The van der Waals surface area contributed by atoms with E-state index in [4.69, 9.17) is 11.5 Å². The number of piperidine rings is 1. The van der Waals surface area contributed by atoms with Crippen molar-refractivity contribution in [3.8, 4) is 11.3 Å². The topological polar surface area (TPSA) is 124 Å². The van der Waals surface area contributed by atoms with Crippen LogP contribution in [-0.2, 0) is 12.0 Å². The highest BCUT2D eigenvalue weighted by molar-refractivity contribution is 5.66. The first-order chi connectivity index (χ1) is 18.4. The van der Waals surface area contributed by atoms with Crippen LogP contribution in [0.4, 0.5) is 20.4 Å². The van der Waals surface area contributed by atoms with Crippen molar-refractivity contribution in [3.63, 3.8) is 0 Å². The van der Waals surface area contributed by atoms with Crippen LogP contribution in [0.25, 0.3) is 16.9 Å². The maximum Gasteiger partial charge on any atom is 0.224 e. The molecule has 192 valence electrons. The number of rotatable bonds is 5. The highest BCUT2D eigenvalue weighted by atomic mass is 19.2. The Balaban J connectivity index is 1.43. The lowest BCUT2D eigenvalue weighted by Crippen LogP contribution is -2.52. The number of fused-ring (bicyclic) bond motifs is 1. The van der Waals surface area contributed by atoms with Crippen LogP contribution in [-0.4, -0.2) is 42.6 Å². The van der Waals surface area contributed by atoms with E-state index in [1.54, 1.807) is 18.6 Å². The SMILES string of the molecule is Nc1ncnc2c(Cc3cc(-c4ccc(F)c(F)c4)ncc3N3CCCC(N)(c4ccccn4)C3)cnn12. The monoisotopic (exact) mass is 513 g/mol. The van der Waals surface area contributed by atoms with E-state index in [0.717, 1.165) is 54.0 Å². The second-order valence-corrected chi connectivity index (χ2v) is 9.54. The standard InChI is InChI=1S/C27H25F2N9/c28-20-6-5-17(11-21(20)29)22-12-18(10-19-13-36-38-25(19)34-16-35-26(38)30)23(14-33-22)37-9-3-7-27(31,15-37)24-4-1-2-8-32-24/h1-2,4-6,8,11-14,16H,3,7,9-10,15,31H2,(H2,30,34,35). The molecule has 1 aromatic carbocycles. The lowest BCUT2D eigenvalue weighted by atomic mass is 9.86. The van der Waals surface area contributed by atoms with E-state index in [0.29, 0.717) is 29.9 Å². The van der Waals surface area contributed by atoms with Crippen molar-refractivity contribution in [2.75, 3.05) is 23.7 Å². The summed E-state index contributed by atoms with van der Waals surface area (Å²) in [6.45, 7) is 1.34. The number of nitrogen functional groups attached to an aromatic ring is 1. The molecule has 5 aromatic rings. The van der Waals surface area contributed by atoms with Crippen LogP contribution in [0.5, 0.6) is 0 Å². The number of pyridine rings is 2. The van der Waals surface area contributed by atoms with Crippen molar-refractivity contribution < 1.29 is 8.78 Å². The maximum atomic E-state index is 14.0. The molecule has 0 aliphatic carbocycles. The van der Waals surface area contributed by atoms with Crippen LogP contribution < -0.4 is 16.4 Å². The minimum Gasteiger partial charge on any atom is -0.368 e. The minimum absolute atomic E-state index is 0.234. The summed E-state index contributed by atoms with van der Waals surface area (Å²) in [6, 6.07) is 11.4. The first-order valence-corrected chi connectivity index (χ1v) is 12.2. The van der Waals surface area contributed by atoms with E-state index < -0.39 is 17.2 Å². The van der Waals surface area contributed by atoms with Gasteiger partial charge in [0.1, 0.15) is 6.33 Å². The van der Waals surface area contributed by atoms with Crippen LogP contribution in [0.1, 0.15) is 29.7 Å². The molecule has 1 unspecified atom stereocenters. The molecule has 1 aliphatic heterocycles. The number of hydrogen-bond donors (Lipinski definition) is 2. The summed E-state index contributed by atoms with van der Waals surface area (Å²) >= 11 is 0. The number of nitrogens with zero attached hydrogens (tertiary/aromatic N) is 7. The van der Waals surface area contributed by atoms with E-state index in [1.807, 2.05) is 24.3 Å². The van der Waals surface area contributed by atoms with Crippen LogP contribution in [0.3, 0.4) is 0 Å². The maximum absolute atomic E-state index is 14.0. The van der Waals surface area contributed by atoms with E-state index in [-0.39, 0.29) is 5.95 Å². The molecule has 4 N–H and O–H groups in total. The zero-order valence-corrected chi connectivity index (χ0v) is 20.4. The number of benzene rings is 1. The first kappa shape index (κ1) is 23.9. The number of aromatic nitrogens is 6. The van der Waals surface area contributed by atoms with Gasteiger partial charge in [-0.25, -0.2) is 18.7 Å². The van der Waals surface area contributed by atoms with E-state index in [2.05, 4.69) is 29.9 Å². The summed E-state index contributed by atoms with van der Waals surface area (Å²) in [7, 11) is 0. The Morgan fingerprint density at radius 1 is 0.947 bits per heavy atom. The molecule has 1 aliphatic rings. The Morgan fingerprint density at radius 2 is 1.84 bits per heavy atom. The molecular formula is C27H25F2N9. The summed E-state index contributed by atoms with van der Waals surface area (Å²) in [5, 5.41) is 4.34. The van der Waals surface area contributed by atoms with Gasteiger partial charge in [0.25, 0.3) is 0 Å². The summed E-state index contributed by atoms with van der Waals surface area (Å²) in [4.78, 5) is 19.7. The van der Waals surface area contributed by atoms with Crippen LogP contribution in [0.15, 0.2) is 67.4 Å². The Kier molecular flexibility index (Phi) is 5.91. The van der Waals surface area contributed by atoms with Crippen molar-refractivity contribution in [1.82, 2.24) is 29.5 Å². The van der Waals surface area contributed by atoms with Crippen molar-refractivity contribution in [3.05, 3.63) is 95.8 Å². The van der Waals surface area contributed by atoms with Gasteiger partial charge in [-0.3, -0.25) is 9.97 Å². The van der Waals surface area contributed by atoms with Crippen molar-refractivity contribution in [2.45, 2.75) is 24.8 Å². The van der Waals surface area contributed by atoms with Gasteiger partial charge >= 0.3 is 0 Å². The zero-order valence-electron chi connectivity index (χ0n) is 20.4. The predicted molar refractivity (Wildman–Crippen MR) is 139 cm³/mol. The zero-order chi connectivity index (χ0) is 26.3. The molecule has 6 rings (SSSR count). The molecule has 0 spiro atoms. The fourth-order valence-corrected chi connectivity index (χ4v) is 5.09. The average molecular weight is 514 g/mol. The molecule has 11 heteroatoms. The largest absolute Gasteiger partial charge is 0.368 e. The summed E-state index contributed by atoms with van der Waals surface area (Å²) in [5.41, 5.74) is 17.3. The van der Waals surface area contributed by atoms with Crippen molar-refractivity contribution in [2.24, 2.45) is 5.73 Å². The van der Waals surface area contributed by atoms with Crippen molar-refractivity contribution in [1.29, 1.82) is 0 Å². The highest BCUT2D eigenvalue weighted by Crippen LogP contribution is 2.35. The van der Waals surface area contributed by atoms with Gasteiger partial charge in [0.15, 0.2) is 17.3 Å². The molecule has 0 saturated carbocycles. The van der Waals surface area contributed by atoms with E-state index >= 15 is 0 Å². The van der Waals surface area contributed by atoms with Crippen LogP contribution in [0.2, 0.25) is 0 Å². The van der Waals surface area contributed by atoms with Gasteiger partial charge in [-0.15, -0.1) is 0 Å². The summed E-state index contributed by atoms with van der Waals surface area (Å²) in [5.74, 6) is -1.60. The fourth-order valence-electron chi connectivity index (χ4n) is 5.09. The van der Waals surface area contributed by atoms with Gasteiger partial charge in [0.2, 0.25) is 5.95 Å². The Bertz CT molecular complexity index is 1620. The van der Waals surface area contributed by atoms with E-state index in [1.165, 1.54) is 16.9 Å². The number of halogens is 2. The second kappa shape index (κ2) is 9.42. The average Bonchev–Trinajstić information content (AvgIpc) is 3.35. The molecule has 9 nitrogen and oxygen atoms in total. The van der Waals surface area contributed by atoms with E-state index in [9.17, 15) is 8.78 Å². The second-order valence-electron chi connectivity index (χ2n) is 9.54. The van der Waals surface area contributed by atoms with Crippen LogP contribution >= 0.6 is 0 Å². The van der Waals surface area contributed by atoms with Gasteiger partial charge in [-0.1, -0.05) is 6.07 Å². The number of hydrogen-bond acceptors (Lipinski definition) is 8. The third-order valence-electron chi connectivity index (χ3n) is 7.01. The quantitative estimate of drug-likeness (QED) is 0.366. The Morgan fingerprint density at radius 3 is 2.66 bits per heavy atom. The molecule has 4 aromatic heterocycles. The molecule has 0 amide bonds. The molecule has 1 fully saturated rings. The third-order valence-corrected chi connectivity index (χ3v) is 7.01. The number of nitrogens with two attached hydrogens (primary N) is 2. The minimum atomic E-state index is -0.927. The van der Waals surface area contributed by atoms with Gasteiger partial charge in [-0.2, -0.15) is 9.61 Å². The van der Waals surface area contributed by atoms with Crippen molar-refractivity contribution >= 4 is 17.3 Å². The normalized spacial score (nSPS) is 17.7. The molecular weight excluding hydrogens is 488 g/mol. The van der Waals surface area contributed by atoms with Gasteiger partial charge in [0.05, 0.1) is 35.0 Å². The molecule has 5 heterocycles. The molecule has 1 atom stereocenters. The summed E-state index contributed by atoms with van der Waals surface area (Å²) < 4.78 is 29.1. The predicted octanol–water partition coefficient (Wildman–Crippen LogP) is 3.49. The highest BCUT2D eigenvalue weighted by Gasteiger charge is 2.35. The Hall–Kier alpha value is -4.51. The molecule has 0 radical (unpaired) electrons. The van der Waals surface area contributed by atoms with Crippen LogP contribution in [0, 0.1) is 11.6 Å². The number of anilines is 2. The van der Waals surface area contributed by atoms with Gasteiger partial charge in [-0.05, 0) is 54.8 Å². The molecule has 1 saturated heterocycles. The van der Waals surface area contributed by atoms with Gasteiger partial charge in [0, 0.05) is 36.8 Å². The Labute approximate surface area is 217 Å².